The fourth-order valence-corrected chi connectivity index (χ4v) is 1.92. The molecule has 23 heavy (non-hydrogen) atoms. The maximum absolute atomic E-state index is 13.1. The van der Waals surface area contributed by atoms with E-state index in [2.05, 4.69) is 10.6 Å². The largest absolute Gasteiger partial charge is 0.467 e. The second kappa shape index (κ2) is 7.21. The van der Waals surface area contributed by atoms with Gasteiger partial charge < -0.3 is 20.2 Å². The van der Waals surface area contributed by atoms with E-state index in [1.807, 2.05) is 0 Å². The zero-order valence-corrected chi connectivity index (χ0v) is 12.2. The molecule has 6 nitrogen and oxygen atoms in total. The Balaban J connectivity index is 2.06. The summed E-state index contributed by atoms with van der Waals surface area (Å²) in [6.45, 7) is -0.502. The van der Waals surface area contributed by atoms with Gasteiger partial charge in [-0.15, -0.1) is 0 Å². The molecule has 0 aliphatic heterocycles. The summed E-state index contributed by atoms with van der Waals surface area (Å²) in [7, 11) is 0. The minimum absolute atomic E-state index is 0.250. The first-order chi connectivity index (χ1) is 10.9. The Kier molecular flexibility index (Phi) is 5.30. The van der Waals surface area contributed by atoms with E-state index in [9.17, 15) is 23.5 Å². The lowest BCUT2D eigenvalue weighted by atomic mass is 10.2. The predicted molar refractivity (Wildman–Crippen MR) is 76.7 cm³/mol. The van der Waals surface area contributed by atoms with Gasteiger partial charge >= 0.3 is 11.8 Å². The zero-order valence-electron chi connectivity index (χ0n) is 11.5. The quantitative estimate of drug-likeness (QED) is 0.584. The van der Waals surface area contributed by atoms with Gasteiger partial charge in [0.05, 0.1) is 23.6 Å². The lowest BCUT2D eigenvalue weighted by Gasteiger charge is -2.14. The molecular weight excluding hydrogens is 334 g/mol. The second-order valence-electron chi connectivity index (χ2n) is 4.42. The van der Waals surface area contributed by atoms with Crippen LogP contribution in [0.15, 0.2) is 34.9 Å². The first-order valence-electron chi connectivity index (χ1n) is 6.33. The fraction of sp³-hybridized carbons (Fsp3) is 0.143. The standard InChI is InChI=1S/C14H11ClF2N2O4/c15-7-4-8(16)9(17)5-10(7)18-13(21)14(22)19-11(6-20)12-2-1-3-23-12/h1-5,11,20H,6H2,(H,18,21)(H,19,22). The van der Waals surface area contributed by atoms with Crippen LogP contribution in [0.25, 0.3) is 0 Å². The maximum Gasteiger partial charge on any atom is 0.313 e. The number of carbonyl (C=O) groups excluding carboxylic acids is 2. The van der Waals surface area contributed by atoms with Crippen molar-refractivity contribution in [3.63, 3.8) is 0 Å². The van der Waals surface area contributed by atoms with Crippen LogP contribution in [-0.4, -0.2) is 23.5 Å². The summed E-state index contributed by atoms with van der Waals surface area (Å²) in [6, 6.07) is 3.45. The Bertz CT molecular complexity index is 722. The summed E-state index contributed by atoms with van der Waals surface area (Å²) >= 11 is 5.66. The predicted octanol–water partition coefficient (Wildman–Crippen LogP) is 2.00. The smallest absolute Gasteiger partial charge is 0.313 e. The summed E-state index contributed by atoms with van der Waals surface area (Å²) in [4.78, 5) is 23.6. The van der Waals surface area contributed by atoms with Crippen molar-refractivity contribution in [2.75, 3.05) is 11.9 Å². The highest BCUT2D eigenvalue weighted by Crippen LogP contribution is 2.24. The Morgan fingerprint density at radius 2 is 1.96 bits per heavy atom. The molecule has 0 saturated carbocycles. The molecule has 1 heterocycles. The van der Waals surface area contributed by atoms with E-state index in [1.165, 1.54) is 12.3 Å². The van der Waals surface area contributed by atoms with Gasteiger partial charge in [-0.2, -0.15) is 0 Å². The van der Waals surface area contributed by atoms with Crippen molar-refractivity contribution in [3.8, 4) is 0 Å². The molecule has 2 aromatic rings. The van der Waals surface area contributed by atoms with Gasteiger partial charge in [-0.25, -0.2) is 8.78 Å². The first kappa shape index (κ1) is 16.9. The van der Waals surface area contributed by atoms with Gasteiger partial charge in [0.25, 0.3) is 0 Å². The molecule has 1 unspecified atom stereocenters. The molecule has 0 aliphatic rings. The maximum atomic E-state index is 13.1. The summed E-state index contributed by atoms with van der Waals surface area (Å²) in [5, 5.41) is 13.2. The van der Waals surface area contributed by atoms with Crippen LogP contribution >= 0.6 is 11.6 Å². The minimum atomic E-state index is -1.23. The average Bonchev–Trinajstić information content (AvgIpc) is 3.04. The molecule has 0 radical (unpaired) electrons. The Hall–Kier alpha value is -2.45. The SMILES string of the molecule is O=C(Nc1cc(F)c(F)cc1Cl)C(=O)NC(CO)c1ccco1. The molecule has 1 atom stereocenters. The van der Waals surface area contributed by atoms with Crippen LogP contribution < -0.4 is 10.6 Å². The highest BCUT2D eigenvalue weighted by molar-refractivity contribution is 6.41. The van der Waals surface area contributed by atoms with Crippen LogP contribution in [0, 0.1) is 11.6 Å². The third-order valence-corrected chi connectivity index (χ3v) is 3.15. The van der Waals surface area contributed by atoms with Crippen LogP contribution in [0.1, 0.15) is 11.8 Å². The van der Waals surface area contributed by atoms with Gasteiger partial charge in [-0.3, -0.25) is 9.59 Å². The number of aliphatic hydroxyl groups excluding tert-OH is 1. The number of amides is 2. The zero-order chi connectivity index (χ0) is 17.0. The average molecular weight is 345 g/mol. The molecule has 0 saturated heterocycles. The van der Waals surface area contributed by atoms with Gasteiger partial charge in [-0.05, 0) is 18.2 Å². The van der Waals surface area contributed by atoms with Crippen LogP contribution in [0.4, 0.5) is 14.5 Å². The van der Waals surface area contributed by atoms with Crippen LogP contribution in [0.3, 0.4) is 0 Å². The number of anilines is 1. The fourth-order valence-electron chi connectivity index (χ4n) is 1.72. The molecule has 2 amide bonds. The number of nitrogens with one attached hydrogen (secondary N) is 2. The summed E-state index contributed by atoms with van der Waals surface area (Å²) < 4.78 is 31.1. The molecule has 0 bridgehead atoms. The van der Waals surface area contributed by atoms with Crippen molar-refractivity contribution in [3.05, 3.63) is 52.9 Å². The Morgan fingerprint density at radius 1 is 1.26 bits per heavy atom. The summed E-state index contributed by atoms with van der Waals surface area (Å²) in [5.74, 6) is -4.44. The van der Waals surface area contributed by atoms with Gasteiger partial charge in [0.15, 0.2) is 11.6 Å². The van der Waals surface area contributed by atoms with Gasteiger partial charge in [0, 0.05) is 6.07 Å². The van der Waals surface area contributed by atoms with Crippen LogP contribution in [0.2, 0.25) is 5.02 Å². The van der Waals surface area contributed by atoms with Crippen LogP contribution in [-0.2, 0) is 9.59 Å². The van der Waals surface area contributed by atoms with Gasteiger partial charge in [-0.1, -0.05) is 11.6 Å². The van der Waals surface area contributed by atoms with Crippen molar-refractivity contribution in [2.45, 2.75) is 6.04 Å². The third kappa shape index (κ3) is 4.05. The van der Waals surface area contributed by atoms with E-state index >= 15 is 0 Å². The lowest BCUT2D eigenvalue weighted by Crippen LogP contribution is -2.39. The normalized spacial score (nSPS) is 11.8. The van der Waals surface area contributed by atoms with E-state index in [0.717, 1.165) is 0 Å². The van der Waals surface area contributed by atoms with Crippen molar-refractivity contribution in [1.29, 1.82) is 0 Å². The van der Waals surface area contributed by atoms with Crippen LogP contribution in [0.5, 0.6) is 0 Å². The number of hydrogen-bond acceptors (Lipinski definition) is 4. The molecule has 122 valence electrons. The number of carbonyl (C=O) groups is 2. The highest BCUT2D eigenvalue weighted by Gasteiger charge is 2.22. The van der Waals surface area contributed by atoms with E-state index in [1.54, 1.807) is 6.07 Å². The van der Waals surface area contributed by atoms with Crippen molar-refractivity contribution in [1.82, 2.24) is 5.32 Å². The molecule has 0 fully saturated rings. The number of benzene rings is 1. The number of halogens is 3. The molecule has 2 rings (SSSR count). The van der Waals surface area contributed by atoms with E-state index < -0.39 is 36.1 Å². The second-order valence-corrected chi connectivity index (χ2v) is 4.83. The molecule has 3 N–H and O–H groups in total. The molecular formula is C14H11ClF2N2O4. The van der Waals surface area contributed by atoms with Crippen molar-refractivity contribution < 1.29 is 27.9 Å². The molecule has 1 aromatic carbocycles. The first-order valence-corrected chi connectivity index (χ1v) is 6.70. The number of hydrogen-bond donors (Lipinski definition) is 3. The minimum Gasteiger partial charge on any atom is -0.467 e. The van der Waals surface area contributed by atoms with Gasteiger partial charge in [0.2, 0.25) is 0 Å². The summed E-state index contributed by atoms with van der Waals surface area (Å²) in [6.07, 6.45) is 1.34. The number of furan rings is 1. The monoisotopic (exact) mass is 344 g/mol. The Morgan fingerprint density at radius 3 is 2.57 bits per heavy atom. The van der Waals surface area contributed by atoms with E-state index in [-0.39, 0.29) is 16.5 Å². The van der Waals surface area contributed by atoms with Gasteiger partial charge in [0.1, 0.15) is 11.8 Å². The van der Waals surface area contributed by atoms with Crippen molar-refractivity contribution >= 4 is 29.1 Å². The Labute approximate surface area is 134 Å². The van der Waals surface area contributed by atoms with E-state index in [4.69, 9.17) is 16.0 Å². The molecule has 0 spiro atoms. The van der Waals surface area contributed by atoms with Crippen molar-refractivity contribution in [2.24, 2.45) is 0 Å². The topological polar surface area (TPSA) is 91.6 Å². The summed E-state index contributed by atoms with van der Waals surface area (Å²) in [5.41, 5.74) is -0.260. The number of rotatable bonds is 4. The molecule has 9 heteroatoms. The lowest BCUT2D eigenvalue weighted by molar-refractivity contribution is -0.136. The number of aliphatic hydroxyl groups is 1. The third-order valence-electron chi connectivity index (χ3n) is 2.84. The highest BCUT2D eigenvalue weighted by atomic mass is 35.5. The molecule has 0 aliphatic carbocycles. The molecule has 1 aromatic heterocycles. The van der Waals surface area contributed by atoms with E-state index in [0.29, 0.717) is 12.1 Å².